The second-order valence-electron chi connectivity index (χ2n) is 4.09. The van der Waals surface area contributed by atoms with Gasteiger partial charge in [-0.15, -0.1) is 0 Å². The minimum Gasteiger partial charge on any atom is -0.294 e. The molecule has 0 bridgehead atoms. The molecule has 0 radical (unpaired) electrons. The Balaban J connectivity index is 2.17. The first-order valence-electron chi connectivity index (χ1n) is 5.35. The lowest BCUT2D eigenvalue weighted by Gasteiger charge is -2.31. The fourth-order valence-corrected chi connectivity index (χ4v) is 2.16. The predicted molar refractivity (Wildman–Crippen MR) is 67.3 cm³/mol. The van der Waals surface area contributed by atoms with Gasteiger partial charge in [-0.2, -0.15) is 0 Å². The number of pyridine rings is 1. The number of piperazine rings is 1. The Hall–Kier alpha value is -1.17. The highest BCUT2D eigenvalue weighted by Crippen LogP contribution is 2.21. The van der Waals surface area contributed by atoms with E-state index in [1.54, 1.807) is 18.0 Å². The van der Waals surface area contributed by atoms with Gasteiger partial charge in [0.15, 0.2) is 0 Å². The van der Waals surface area contributed by atoms with Crippen LogP contribution in [0.25, 0.3) is 0 Å². The molecule has 0 aromatic carbocycles. The highest BCUT2D eigenvalue weighted by Gasteiger charge is 2.30. The smallest absolute Gasteiger partial charge is 0.243 e. The van der Waals surface area contributed by atoms with Crippen molar-refractivity contribution in [2.24, 2.45) is 0 Å². The summed E-state index contributed by atoms with van der Waals surface area (Å²) in [5.41, 5.74) is 0.732. The first-order chi connectivity index (χ1) is 8.47. The number of aromatic nitrogens is 1. The van der Waals surface area contributed by atoms with Crippen LogP contribution < -0.4 is 5.32 Å². The van der Waals surface area contributed by atoms with Gasteiger partial charge in [0.25, 0.3) is 0 Å². The second kappa shape index (κ2) is 5.22. The zero-order valence-electron chi connectivity index (χ0n) is 9.61. The maximum Gasteiger partial charge on any atom is 0.243 e. The number of halogens is 2. The fourth-order valence-electron chi connectivity index (χ4n) is 1.73. The molecule has 1 atom stereocenters. The van der Waals surface area contributed by atoms with Gasteiger partial charge in [0.05, 0.1) is 12.6 Å². The molecule has 1 aliphatic rings. The molecule has 5 nitrogen and oxygen atoms in total. The van der Waals surface area contributed by atoms with Crippen molar-refractivity contribution in [2.75, 3.05) is 6.54 Å². The van der Waals surface area contributed by atoms with E-state index in [0.717, 1.165) is 5.56 Å². The molecule has 2 heterocycles. The summed E-state index contributed by atoms with van der Waals surface area (Å²) in [5.74, 6) is -0.611. The normalized spacial score (nSPS) is 20.9. The van der Waals surface area contributed by atoms with Crippen LogP contribution in [0.15, 0.2) is 12.3 Å². The van der Waals surface area contributed by atoms with Gasteiger partial charge < -0.3 is 0 Å². The first-order valence-corrected chi connectivity index (χ1v) is 6.10. The third-order valence-electron chi connectivity index (χ3n) is 2.81. The van der Waals surface area contributed by atoms with Gasteiger partial charge in [0, 0.05) is 23.3 Å². The number of carbonyl (C=O) groups excluding carboxylic acids is 2. The van der Waals surface area contributed by atoms with E-state index < -0.39 is 0 Å². The number of nitrogens with one attached hydrogen (secondary N) is 1. The lowest BCUT2D eigenvalue weighted by molar-refractivity contribution is -0.139. The van der Waals surface area contributed by atoms with E-state index >= 15 is 0 Å². The Morgan fingerprint density at radius 3 is 2.89 bits per heavy atom. The van der Waals surface area contributed by atoms with Gasteiger partial charge in [0.2, 0.25) is 11.8 Å². The molecule has 1 saturated heterocycles. The van der Waals surface area contributed by atoms with Gasteiger partial charge >= 0.3 is 0 Å². The largest absolute Gasteiger partial charge is 0.294 e. The van der Waals surface area contributed by atoms with Crippen molar-refractivity contribution in [3.05, 3.63) is 28.0 Å². The molecule has 96 valence electrons. The molecule has 1 unspecified atom stereocenters. The lowest BCUT2D eigenvalue weighted by Crippen LogP contribution is -2.56. The molecule has 2 rings (SSSR count). The molecule has 0 aliphatic carbocycles. The molecular weight excluding hydrogens is 277 g/mol. The molecule has 1 aromatic heterocycles. The first kappa shape index (κ1) is 13.3. The summed E-state index contributed by atoms with van der Waals surface area (Å²) in [4.78, 5) is 28.5. The molecule has 2 amide bonds. The Labute approximate surface area is 114 Å². The standard InChI is InChI=1S/C11H11Cl2N3O2/c1-6-11(18)15-10(17)5-16(6)4-7-3-14-9(13)2-8(7)12/h2-3,6H,4-5H2,1H3,(H,15,17,18). The molecule has 1 aliphatic heterocycles. The Kier molecular flexibility index (Phi) is 3.85. The Bertz CT molecular complexity index is 507. The SMILES string of the molecule is CC1C(=O)NC(=O)CN1Cc1cnc(Cl)cc1Cl. The number of carbonyl (C=O) groups is 2. The van der Waals surface area contributed by atoms with E-state index in [4.69, 9.17) is 23.2 Å². The lowest BCUT2D eigenvalue weighted by atomic mass is 10.1. The van der Waals surface area contributed by atoms with Crippen LogP contribution in [0.5, 0.6) is 0 Å². The minimum atomic E-state index is -0.380. The van der Waals surface area contributed by atoms with Gasteiger partial charge in [-0.3, -0.25) is 19.8 Å². The number of hydrogen-bond donors (Lipinski definition) is 1. The summed E-state index contributed by atoms with van der Waals surface area (Å²) in [6, 6.07) is 1.16. The van der Waals surface area contributed by atoms with Gasteiger partial charge in [0.1, 0.15) is 5.15 Å². The van der Waals surface area contributed by atoms with E-state index in [1.165, 1.54) is 6.07 Å². The summed E-state index contributed by atoms with van der Waals surface area (Å²) >= 11 is 11.7. The summed E-state index contributed by atoms with van der Waals surface area (Å²) in [7, 11) is 0. The Morgan fingerprint density at radius 1 is 1.50 bits per heavy atom. The van der Waals surface area contributed by atoms with Crippen LogP contribution in [0.2, 0.25) is 10.2 Å². The predicted octanol–water partition coefficient (Wildman–Crippen LogP) is 1.24. The highest BCUT2D eigenvalue weighted by molar-refractivity contribution is 6.34. The number of hydrogen-bond acceptors (Lipinski definition) is 4. The number of rotatable bonds is 2. The van der Waals surface area contributed by atoms with E-state index in [2.05, 4.69) is 10.3 Å². The summed E-state index contributed by atoms with van der Waals surface area (Å²) in [6.07, 6.45) is 1.55. The van der Waals surface area contributed by atoms with E-state index in [9.17, 15) is 9.59 Å². The van der Waals surface area contributed by atoms with Gasteiger partial charge in [-0.1, -0.05) is 23.2 Å². The molecule has 7 heteroatoms. The Morgan fingerprint density at radius 2 is 2.22 bits per heavy atom. The number of amides is 2. The van der Waals surface area contributed by atoms with Crippen LogP contribution in [0.4, 0.5) is 0 Å². The van der Waals surface area contributed by atoms with Crippen molar-refractivity contribution in [1.82, 2.24) is 15.2 Å². The van der Waals surface area contributed by atoms with Crippen molar-refractivity contribution >= 4 is 35.0 Å². The summed E-state index contributed by atoms with van der Waals surface area (Å²) in [6.45, 7) is 2.27. The molecule has 0 saturated carbocycles. The monoisotopic (exact) mass is 287 g/mol. The summed E-state index contributed by atoms with van der Waals surface area (Å²) < 4.78 is 0. The zero-order valence-corrected chi connectivity index (χ0v) is 11.1. The fraction of sp³-hybridized carbons (Fsp3) is 0.364. The van der Waals surface area contributed by atoms with Crippen LogP contribution in [0.3, 0.4) is 0 Å². The van der Waals surface area contributed by atoms with Crippen molar-refractivity contribution in [1.29, 1.82) is 0 Å². The van der Waals surface area contributed by atoms with Crippen molar-refractivity contribution in [3.8, 4) is 0 Å². The third-order valence-corrected chi connectivity index (χ3v) is 3.36. The maximum atomic E-state index is 11.5. The second-order valence-corrected chi connectivity index (χ2v) is 4.89. The third kappa shape index (κ3) is 2.80. The van der Waals surface area contributed by atoms with Crippen molar-refractivity contribution < 1.29 is 9.59 Å². The van der Waals surface area contributed by atoms with Gasteiger partial charge in [-0.05, 0) is 13.0 Å². The average Bonchev–Trinajstić information content (AvgIpc) is 2.29. The maximum absolute atomic E-state index is 11.5. The van der Waals surface area contributed by atoms with E-state index in [1.807, 2.05) is 0 Å². The molecule has 1 aromatic rings. The van der Waals surface area contributed by atoms with Crippen LogP contribution in [-0.2, 0) is 16.1 Å². The molecule has 0 spiro atoms. The summed E-state index contributed by atoms with van der Waals surface area (Å²) in [5, 5.41) is 3.06. The van der Waals surface area contributed by atoms with Crippen LogP contribution in [0, 0.1) is 0 Å². The number of imide groups is 1. The molecule has 18 heavy (non-hydrogen) atoms. The van der Waals surface area contributed by atoms with Crippen LogP contribution >= 0.6 is 23.2 Å². The zero-order chi connectivity index (χ0) is 13.3. The highest BCUT2D eigenvalue weighted by atomic mass is 35.5. The molecule has 1 N–H and O–H groups in total. The quantitative estimate of drug-likeness (QED) is 0.657. The van der Waals surface area contributed by atoms with Crippen molar-refractivity contribution in [3.63, 3.8) is 0 Å². The number of nitrogens with zero attached hydrogens (tertiary/aromatic N) is 2. The van der Waals surface area contributed by atoms with Crippen LogP contribution in [0.1, 0.15) is 12.5 Å². The minimum absolute atomic E-state index is 0.159. The topological polar surface area (TPSA) is 62.3 Å². The van der Waals surface area contributed by atoms with E-state index in [-0.39, 0.29) is 24.4 Å². The molecule has 1 fully saturated rings. The van der Waals surface area contributed by atoms with Crippen molar-refractivity contribution in [2.45, 2.75) is 19.5 Å². The van der Waals surface area contributed by atoms with Gasteiger partial charge in [-0.25, -0.2) is 4.98 Å². The average molecular weight is 288 g/mol. The van der Waals surface area contributed by atoms with E-state index in [0.29, 0.717) is 16.7 Å². The van der Waals surface area contributed by atoms with Crippen LogP contribution in [-0.4, -0.2) is 34.3 Å². The molecular formula is C11H11Cl2N3O2.